The molecular weight excluding hydrogens is 310 g/mol. The molecule has 6 heteroatoms. The average Bonchev–Trinajstić information content (AvgIpc) is 3.20. The number of carbonyl (C=O) groups is 2. The summed E-state index contributed by atoms with van der Waals surface area (Å²) < 4.78 is 0. The van der Waals surface area contributed by atoms with Crippen molar-refractivity contribution in [3.8, 4) is 0 Å². The van der Waals surface area contributed by atoms with Crippen LogP contribution in [0.4, 0.5) is 4.79 Å². The van der Waals surface area contributed by atoms with Crippen LogP contribution in [0, 0.1) is 0 Å². The Morgan fingerprint density at radius 1 is 1.00 bits per heavy atom. The van der Waals surface area contributed by atoms with E-state index in [0.29, 0.717) is 18.0 Å². The topological polar surface area (TPSA) is 70.2 Å². The molecule has 1 aliphatic carbocycles. The first-order valence-electron chi connectivity index (χ1n) is 7.65. The van der Waals surface area contributed by atoms with Gasteiger partial charge in [-0.1, -0.05) is 30.3 Å². The normalized spacial score (nSPS) is 13.4. The van der Waals surface area contributed by atoms with Crippen molar-refractivity contribution >= 4 is 23.3 Å². The zero-order chi connectivity index (χ0) is 16.1. The van der Waals surface area contributed by atoms with Crippen LogP contribution in [0.25, 0.3) is 0 Å². The van der Waals surface area contributed by atoms with Crippen molar-refractivity contribution in [2.75, 3.05) is 13.1 Å². The van der Waals surface area contributed by atoms with Gasteiger partial charge in [-0.2, -0.15) is 0 Å². The minimum absolute atomic E-state index is 0.103. The molecule has 0 unspecified atom stereocenters. The van der Waals surface area contributed by atoms with Crippen LogP contribution in [0.15, 0.2) is 41.8 Å². The molecule has 120 valence electrons. The van der Waals surface area contributed by atoms with Crippen LogP contribution in [-0.4, -0.2) is 31.1 Å². The lowest BCUT2D eigenvalue weighted by molar-refractivity contribution is 0.0958. The Bertz CT molecular complexity index is 660. The average molecular weight is 329 g/mol. The van der Waals surface area contributed by atoms with Crippen LogP contribution < -0.4 is 16.0 Å². The Balaban J connectivity index is 1.34. The zero-order valence-corrected chi connectivity index (χ0v) is 13.5. The van der Waals surface area contributed by atoms with Gasteiger partial charge < -0.3 is 16.0 Å². The van der Waals surface area contributed by atoms with Crippen LogP contribution in [0.5, 0.6) is 0 Å². The molecule has 0 saturated carbocycles. The lowest BCUT2D eigenvalue weighted by Crippen LogP contribution is -2.44. The summed E-state index contributed by atoms with van der Waals surface area (Å²) in [5.74, 6) is -0.103. The second kappa shape index (κ2) is 7.28. The van der Waals surface area contributed by atoms with Gasteiger partial charge in [-0.15, -0.1) is 11.3 Å². The maximum absolute atomic E-state index is 11.9. The van der Waals surface area contributed by atoms with E-state index in [9.17, 15) is 9.59 Å². The fourth-order valence-corrected chi connectivity index (χ4v) is 3.38. The molecule has 23 heavy (non-hydrogen) atoms. The Kier molecular flexibility index (Phi) is 4.92. The number of fused-ring (bicyclic) bond motifs is 1. The fourth-order valence-electron chi connectivity index (χ4n) is 2.74. The van der Waals surface area contributed by atoms with Gasteiger partial charge in [0.2, 0.25) is 0 Å². The molecule has 1 aromatic carbocycles. The highest BCUT2D eigenvalue weighted by molar-refractivity contribution is 7.12. The van der Waals surface area contributed by atoms with Gasteiger partial charge in [-0.25, -0.2) is 4.79 Å². The fraction of sp³-hybridized carbons (Fsp3) is 0.294. The van der Waals surface area contributed by atoms with Gasteiger partial charge in [0.25, 0.3) is 5.91 Å². The predicted molar refractivity (Wildman–Crippen MR) is 90.8 cm³/mol. The first-order chi connectivity index (χ1) is 11.2. The van der Waals surface area contributed by atoms with E-state index in [0.717, 1.165) is 12.8 Å². The van der Waals surface area contributed by atoms with Crippen LogP contribution in [0.1, 0.15) is 20.8 Å². The minimum Gasteiger partial charge on any atom is -0.350 e. The first kappa shape index (κ1) is 15.6. The predicted octanol–water partition coefficient (Wildman–Crippen LogP) is 1.94. The molecule has 0 fully saturated rings. The maximum atomic E-state index is 11.9. The van der Waals surface area contributed by atoms with Crippen molar-refractivity contribution in [2.24, 2.45) is 0 Å². The number of thiophene rings is 1. The van der Waals surface area contributed by atoms with E-state index in [1.807, 2.05) is 23.6 Å². The molecule has 0 radical (unpaired) electrons. The maximum Gasteiger partial charge on any atom is 0.315 e. The van der Waals surface area contributed by atoms with Crippen molar-refractivity contribution in [1.82, 2.24) is 16.0 Å². The summed E-state index contributed by atoms with van der Waals surface area (Å²) in [5, 5.41) is 10.4. The number of amides is 3. The molecule has 0 aliphatic heterocycles. The number of hydrogen-bond acceptors (Lipinski definition) is 3. The van der Waals surface area contributed by atoms with Crippen molar-refractivity contribution in [2.45, 2.75) is 18.9 Å². The highest BCUT2D eigenvalue weighted by Crippen LogP contribution is 2.21. The van der Waals surface area contributed by atoms with E-state index < -0.39 is 0 Å². The molecule has 1 heterocycles. The molecule has 0 bridgehead atoms. The van der Waals surface area contributed by atoms with Crippen LogP contribution in [-0.2, 0) is 12.8 Å². The molecule has 0 spiro atoms. The highest BCUT2D eigenvalue weighted by Gasteiger charge is 2.22. The van der Waals surface area contributed by atoms with Crippen molar-refractivity contribution in [3.05, 3.63) is 57.8 Å². The standard InChI is InChI=1S/C17H19N3O2S/c21-16(15-6-3-9-23-15)18-7-8-19-17(22)20-14-10-12-4-1-2-5-13(12)11-14/h1-6,9,14H,7-8,10-11H2,(H,18,21)(H2,19,20,22). The Morgan fingerprint density at radius 2 is 1.70 bits per heavy atom. The Hall–Kier alpha value is -2.34. The third-order valence-electron chi connectivity index (χ3n) is 3.83. The van der Waals surface area contributed by atoms with Crippen LogP contribution in [0.3, 0.4) is 0 Å². The molecule has 3 amide bonds. The second-order valence-corrected chi connectivity index (χ2v) is 6.46. The van der Waals surface area contributed by atoms with E-state index in [4.69, 9.17) is 0 Å². The van der Waals surface area contributed by atoms with Gasteiger partial charge in [0.05, 0.1) is 4.88 Å². The molecule has 1 aliphatic rings. The molecule has 3 rings (SSSR count). The van der Waals surface area contributed by atoms with E-state index in [1.165, 1.54) is 22.5 Å². The number of nitrogens with one attached hydrogen (secondary N) is 3. The van der Waals surface area contributed by atoms with Gasteiger partial charge in [0.15, 0.2) is 0 Å². The Morgan fingerprint density at radius 3 is 2.35 bits per heavy atom. The molecule has 0 atom stereocenters. The van der Waals surface area contributed by atoms with Crippen molar-refractivity contribution in [1.29, 1.82) is 0 Å². The third-order valence-corrected chi connectivity index (χ3v) is 4.70. The summed E-state index contributed by atoms with van der Waals surface area (Å²) in [7, 11) is 0. The SMILES string of the molecule is O=C(NCCNC(=O)c1cccs1)NC1Cc2ccccc2C1. The first-order valence-corrected chi connectivity index (χ1v) is 8.53. The lowest BCUT2D eigenvalue weighted by Gasteiger charge is -2.13. The molecule has 1 aromatic heterocycles. The largest absolute Gasteiger partial charge is 0.350 e. The van der Waals surface area contributed by atoms with Crippen molar-refractivity contribution in [3.63, 3.8) is 0 Å². The minimum atomic E-state index is -0.187. The number of carbonyl (C=O) groups excluding carboxylic acids is 2. The summed E-state index contributed by atoms with van der Waals surface area (Å²) in [5.41, 5.74) is 2.61. The quantitative estimate of drug-likeness (QED) is 0.734. The smallest absolute Gasteiger partial charge is 0.315 e. The number of urea groups is 1. The Labute approximate surface area is 139 Å². The third kappa shape index (κ3) is 4.10. The van der Waals surface area contributed by atoms with Crippen LogP contribution in [0.2, 0.25) is 0 Å². The van der Waals surface area contributed by atoms with E-state index >= 15 is 0 Å². The summed E-state index contributed by atoms with van der Waals surface area (Å²) in [6.07, 6.45) is 1.75. The van der Waals surface area contributed by atoms with Gasteiger partial charge in [-0.05, 0) is 35.4 Å². The molecule has 5 nitrogen and oxygen atoms in total. The van der Waals surface area contributed by atoms with E-state index in [-0.39, 0.29) is 18.0 Å². The van der Waals surface area contributed by atoms with Gasteiger partial charge >= 0.3 is 6.03 Å². The number of benzene rings is 1. The van der Waals surface area contributed by atoms with E-state index in [1.54, 1.807) is 6.07 Å². The van der Waals surface area contributed by atoms with Gasteiger partial charge in [0.1, 0.15) is 0 Å². The molecule has 3 N–H and O–H groups in total. The number of hydrogen-bond donors (Lipinski definition) is 3. The van der Waals surface area contributed by atoms with Crippen LogP contribution >= 0.6 is 11.3 Å². The van der Waals surface area contributed by atoms with Gasteiger partial charge in [-0.3, -0.25) is 4.79 Å². The molecular formula is C17H19N3O2S. The lowest BCUT2D eigenvalue weighted by atomic mass is 10.1. The highest BCUT2D eigenvalue weighted by atomic mass is 32.1. The molecule has 0 saturated heterocycles. The monoisotopic (exact) mass is 329 g/mol. The summed E-state index contributed by atoms with van der Waals surface area (Å²) in [6, 6.07) is 11.8. The summed E-state index contributed by atoms with van der Waals surface area (Å²) >= 11 is 1.40. The van der Waals surface area contributed by atoms with Crippen molar-refractivity contribution < 1.29 is 9.59 Å². The summed E-state index contributed by atoms with van der Waals surface area (Å²) in [4.78, 5) is 24.3. The molecule has 2 aromatic rings. The number of rotatable bonds is 5. The van der Waals surface area contributed by atoms with E-state index in [2.05, 4.69) is 28.1 Å². The zero-order valence-electron chi connectivity index (χ0n) is 12.7. The summed E-state index contributed by atoms with van der Waals surface area (Å²) in [6.45, 7) is 0.817. The second-order valence-electron chi connectivity index (χ2n) is 5.51. The van der Waals surface area contributed by atoms with Gasteiger partial charge in [0, 0.05) is 19.1 Å².